The number of nitrogens with one attached hydrogen (secondary N) is 1. The number of hydrogen-bond donors (Lipinski definition) is 2. The van der Waals surface area contributed by atoms with Crippen molar-refractivity contribution in [1.29, 1.82) is 0 Å². The zero-order valence-corrected chi connectivity index (χ0v) is 26.2. The molecule has 1 fully saturated rings. The number of nitro groups is 1. The van der Waals surface area contributed by atoms with Crippen molar-refractivity contribution >= 4 is 57.9 Å². The molecule has 12 nitrogen and oxygen atoms in total. The summed E-state index contributed by atoms with van der Waals surface area (Å²) < 4.78 is 46.3. The second-order valence-electron chi connectivity index (χ2n) is 10.7. The second-order valence-corrected chi connectivity index (χ2v) is 12.9. The minimum absolute atomic E-state index is 0.0996. The van der Waals surface area contributed by atoms with Crippen LogP contribution in [0.5, 0.6) is 11.5 Å². The summed E-state index contributed by atoms with van der Waals surface area (Å²) in [6.07, 6.45) is -4.64. The standard InChI is InChI=1S/C31H23F3N4O8S2/c1-2-46-21-12-15(6-11-20(21)39)23-24-25(28(42)37(27(24)41)18-7-9-19(10-8-18)38(44)45)47-29-26(23)48-30(43)36(29)14-22(40)35-17-5-3-4-16(13-17)31(32,33)34/h3-13,23-25,39H,2,14H2,1H3,(H,35,40)/t23-,24?,25?/m0/s1. The van der Waals surface area contributed by atoms with Gasteiger partial charge in [-0.25, -0.2) is 4.90 Å². The summed E-state index contributed by atoms with van der Waals surface area (Å²) in [5.41, 5.74) is -0.824. The van der Waals surface area contributed by atoms with Gasteiger partial charge in [-0.05, 0) is 55.0 Å². The zero-order valence-electron chi connectivity index (χ0n) is 24.6. The van der Waals surface area contributed by atoms with E-state index in [9.17, 15) is 47.6 Å². The Balaban J connectivity index is 1.40. The number of rotatable bonds is 8. The number of anilines is 2. The Labute approximate surface area is 276 Å². The molecule has 3 aromatic carbocycles. The van der Waals surface area contributed by atoms with E-state index in [0.717, 1.165) is 62.9 Å². The fourth-order valence-corrected chi connectivity index (χ4v) is 8.48. The predicted molar refractivity (Wildman–Crippen MR) is 168 cm³/mol. The number of nitrogens with zero attached hydrogens (tertiary/aromatic N) is 3. The first-order chi connectivity index (χ1) is 22.8. The molecule has 48 heavy (non-hydrogen) atoms. The number of aromatic hydroxyl groups is 1. The maximum atomic E-state index is 14.1. The third-order valence-electron chi connectivity index (χ3n) is 7.79. The monoisotopic (exact) mass is 700 g/mol. The van der Waals surface area contributed by atoms with Gasteiger partial charge in [0.15, 0.2) is 11.5 Å². The van der Waals surface area contributed by atoms with Gasteiger partial charge in [0.1, 0.15) is 11.8 Å². The van der Waals surface area contributed by atoms with Crippen molar-refractivity contribution < 1.29 is 42.3 Å². The van der Waals surface area contributed by atoms with Gasteiger partial charge in [0.2, 0.25) is 17.7 Å². The lowest BCUT2D eigenvalue weighted by Crippen LogP contribution is -2.33. The number of ether oxygens (including phenoxy) is 1. The highest BCUT2D eigenvalue weighted by molar-refractivity contribution is 8.00. The molecule has 0 radical (unpaired) electrons. The number of thioether (sulfide) groups is 1. The van der Waals surface area contributed by atoms with Crippen LogP contribution in [-0.2, 0) is 27.1 Å². The van der Waals surface area contributed by atoms with Crippen molar-refractivity contribution in [2.75, 3.05) is 16.8 Å². The molecule has 0 bridgehead atoms. The van der Waals surface area contributed by atoms with E-state index in [2.05, 4.69) is 5.32 Å². The summed E-state index contributed by atoms with van der Waals surface area (Å²) in [5.74, 6) is -4.14. The van der Waals surface area contributed by atoms with Crippen LogP contribution < -0.4 is 19.8 Å². The number of alkyl halides is 3. The number of amides is 3. The fourth-order valence-electron chi connectivity index (χ4n) is 5.71. The number of benzene rings is 3. The van der Waals surface area contributed by atoms with E-state index in [1.165, 1.54) is 36.4 Å². The van der Waals surface area contributed by atoms with Crippen molar-refractivity contribution in [2.45, 2.75) is 35.8 Å². The highest BCUT2D eigenvalue weighted by Crippen LogP contribution is 2.54. The summed E-state index contributed by atoms with van der Waals surface area (Å²) in [6, 6.07) is 13.3. The molecule has 1 aromatic heterocycles. The number of halogens is 3. The van der Waals surface area contributed by atoms with Crippen LogP contribution in [0, 0.1) is 16.0 Å². The molecule has 0 saturated carbocycles. The zero-order chi connectivity index (χ0) is 34.5. The van der Waals surface area contributed by atoms with Crippen LogP contribution in [0.4, 0.5) is 30.2 Å². The molecular weight excluding hydrogens is 677 g/mol. The van der Waals surface area contributed by atoms with Gasteiger partial charge in [-0.2, -0.15) is 13.2 Å². The molecule has 2 N–H and O–H groups in total. The first kappa shape index (κ1) is 32.8. The number of aromatic nitrogens is 1. The van der Waals surface area contributed by atoms with Gasteiger partial charge in [0.05, 0.1) is 33.7 Å². The Morgan fingerprint density at radius 3 is 2.46 bits per heavy atom. The van der Waals surface area contributed by atoms with E-state index < -0.39 is 62.9 Å². The number of carbonyl (C=O) groups is 3. The quantitative estimate of drug-likeness (QED) is 0.140. The number of non-ortho nitro benzene ring substituents is 1. The Morgan fingerprint density at radius 2 is 1.79 bits per heavy atom. The van der Waals surface area contributed by atoms with E-state index in [1.807, 2.05) is 0 Å². The molecule has 4 aromatic rings. The Kier molecular flexibility index (Phi) is 8.51. The molecule has 0 spiro atoms. The molecule has 248 valence electrons. The summed E-state index contributed by atoms with van der Waals surface area (Å²) in [4.78, 5) is 65.7. The molecule has 2 aliphatic rings. The highest BCUT2D eigenvalue weighted by atomic mass is 32.2. The third kappa shape index (κ3) is 5.90. The SMILES string of the molecule is CCOc1cc([C@@H]2c3sc(=O)n(CC(=O)Nc4cccc(C(F)(F)F)c4)c3SC3C(=O)N(c4ccc([N+](=O)[O-])cc4)C(=O)C32)ccc1O. The Bertz CT molecular complexity index is 2030. The summed E-state index contributed by atoms with van der Waals surface area (Å²) >= 11 is 1.66. The van der Waals surface area contributed by atoms with Crippen molar-refractivity contribution in [3.63, 3.8) is 0 Å². The minimum Gasteiger partial charge on any atom is -0.504 e. The molecule has 2 unspecified atom stereocenters. The van der Waals surface area contributed by atoms with Crippen LogP contribution >= 0.6 is 23.1 Å². The maximum absolute atomic E-state index is 14.1. The first-order valence-corrected chi connectivity index (χ1v) is 15.9. The highest BCUT2D eigenvalue weighted by Gasteiger charge is 2.57. The largest absolute Gasteiger partial charge is 0.504 e. The molecule has 17 heteroatoms. The van der Waals surface area contributed by atoms with Gasteiger partial charge in [-0.1, -0.05) is 35.2 Å². The van der Waals surface area contributed by atoms with Crippen molar-refractivity contribution in [1.82, 2.24) is 4.57 Å². The predicted octanol–water partition coefficient (Wildman–Crippen LogP) is 5.38. The van der Waals surface area contributed by atoms with E-state index in [4.69, 9.17) is 4.74 Å². The Morgan fingerprint density at radius 1 is 1.06 bits per heavy atom. The van der Waals surface area contributed by atoms with Gasteiger partial charge >= 0.3 is 11.0 Å². The number of carbonyl (C=O) groups excluding carboxylic acids is 3. The van der Waals surface area contributed by atoms with Gasteiger partial charge in [0, 0.05) is 28.6 Å². The minimum atomic E-state index is -4.64. The number of phenolic OH excluding ortho intramolecular Hbond substituents is 1. The molecule has 1 saturated heterocycles. The molecule has 0 aliphatic carbocycles. The average Bonchev–Trinajstić information content (AvgIpc) is 3.48. The van der Waals surface area contributed by atoms with Gasteiger partial charge in [0.25, 0.3) is 5.69 Å². The van der Waals surface area contributed by atoms with E-state index in [0.29, 0.717) is 10.4 Å². The van der Waals surface area contributed by atoms with Gasteiger partial charge in [-0.15, -0.1) is 0 Å². The van der Waals surface area contributed by atoms with Crippen LogP contribution in [0.2, 0.25) is 0 Å². The first-order valence-electron chi connectivity index (χ1n) is 14.2. The van der Waals surface area contributed by atoms with E-state index >= 15 is 0 Å². The van der Waals surface area contributed by atoms with Crippen LogP contribution in [-0.4, -0.2) is 44.2 Å². The maximum Gasteiger partial charge on any atom is 0.416 e. The van der Waals surface area contributed by atoms with E-state index in [-0.39, 0.29) is 40.2 Å². The van der Waals surface area contributed by atoms with Crippen LogP contribution in [0.25, 0.3) is 0 Å². The van der Waals surface area contributed by atoms with Gasteiger partial charge < -0.3 is 15.2 Å². The molecule has 3 amide bonds. The molecule has 2 aliphatic heterocycles. The summed E-state index contributed by atoms with van der Waals surface area (Å²) in [5, 5.41) is 23.0. The molecule has 3 atom stereocenters. The van der Waals surface area contributed by atoms with Crippen LogP contribution in [0.3, 0.4) is 0 Å². The lowest BCUT2D eigenvalue weighted by molar-refractivity contribution is -0.384. The summed E-state index contributed by atoms with van der Waals surface area (Å²) in [7, 11) is 0. The smallest absolute Gasteiger partial charge is 0.416 e. The number of hydrogen-bond acceptors (Lipinski definition) is 10. The number of thiazole rings is 1. The number of phenols is 1. The summed E-state index contributed by atoms with van der Waals surface area (Å²) in [6.45, 7) is 1.30. The molecule has 3 heterocycles. The number of fused-ring (bicyclic) bond motifs is 2. The fraction of sp³-hybridized carbons (Fsp3) is 0.226. The molecular formula is C31H23F3N4O8S2. The second kappa shape index (κ2) is 12.5. The van der Waals surface area contributed by atoms with Crippen molar-refractivity contribution in [3.8, 4) is 11.5 Å². The van der Waals surface area contributed by atoms with Crippen LogP contribution in [0.1, 0.15) is 28.8 Å². The number of imide groups is 1. The topological polar surface area (TPSA) is 161 Å². The average molecular weight is 701 g/mol. The van der Waals surface area contributed by atoms with Crippen LogP contribution in [0.15, 0.2) is 76.6 Å². The van der Waals surface area contributed by atoms with Crippen molar-refractivity contribution in [3.05, 3.63) is 103 Å². The van der Waals surface area contributed by atoms with Gasteiger partial charge in [-0.3, -0.25) is 33.9 Å². The normalized spacial score (nSPS) is 18.8. The lowest BCUT2D eigenvalue weighted by atomic mass is 9.83. The third-order valence-corrected chi connectivity index (χ3v) is 10.4. The van der Waals surface area contributed by atoms with Crippen molar-refractivity contribution in [2.24, 2.45) is 5.92 Å². The Hall–Kier alpha value is -5.16. The number of nitro benzene ring substituents is 1. The lowest BCUT2D eigenvalue weighted by Gasteiger charge is -2.31. The molecule has 6 rings (SSSR count). The van der Waals surface area contributed by atoms with E-state index in [1.54, 1.807) is 6.92 Å².